The van der Waals surface area contributed by atoms with Crippen LogP contribution in [0.1, 0.15) is 13.8 Å². The Bertz CT molecular complexity index is 255. The lowest BCUT2D eigenvalue weighted by Gasteiger charge is -2.07. The molecule has 0 atom stereocenters. The first kappa shape index (κ1) is 9.09. The first-order chi connectivity index (χ1) is 4.36. The van der Waals surface area contributed by atoms with Gasteiger partial charge in [-0.3, -0.25) is 0 Å². The Kier molecular flexibility index (Phi) is 2.53. The van der Waals surface area contributed by atoms with Crippen molar-refractivity contribution in [3.05, 3.63) is 0 Å². The van der Waals surface area contributed by atoms with Gasteiger partial charge in [0.15, 0.2) is 5.54 Å². The number of aliphatic carboxylic acids is 1. The topological polar surface area (TPSA) is 83.8 Å². The van der Waals surface area contributed by atoms with Gasteiger partial charge in [0, 0.05) is 0 Å². The second-order valence-electron chi connectivity index (χ2n) is 2.17. The van der Waals surface area contributed by atoms with Crippen LogP contribution >= 0.6 is 0 Å². The van der Waals surface area contributed by atoms with Gasteiger partial charge in [-0.25, -0.2) is 4.79 Å². The highest BCUT2D eigenvalue weighted by Gasteiger charge is 2.26. The molecular weight excluding hydrogens is 158 g/mol. The summed E-state index contributed by atoms with van der Waals surface area (Å²) in [5.41, 5.74) is -1.55. The van der Waals surface area contributed by atoms with Gasteiger partial charge < -0.3 is 5.11 Å². The number of rotatable bonds is 2. The number of hydrogen-bond acceptors (Lipinski definition) is 4. The average Bonchev–Trinajstić information content (AvgIpc) is 1.60. The van der Waals surface area contributed by atoms with Crippen LogP contribution in [-0.2, 0) is 15.3 Å². The fourth-order valence-electron chi connectivity index (χ4n) is 0.225. The molecule has 0 aliphatic carbocycles. The molecular formula is C4H7NO4S. The summed E-state index contributed by atoms with van der Waals surface area (Å²) in [5.74, 6) is -1.27. The molecule has 0 saturated carbocycles. The van der Waals surface area contributed by atoms with Gasteiger partial charge in [0.25, 0.3) is 0 Å². The number of hydrogen-bond donors (Lipinski definition) is 1. The summed E-state index contributed by atoms with van der Waals surface area (Å²) in [6, 6.07) is 0. The summed E-state index contributed by atoms with van der Waals surface area (Å²) < 4.78 is 22.7. The minimum Gasteiger partial charge on any atom is -0.479 e. The van der Waals surface area contributed by atoms with Gasteiger partial charge in [-0.15, -0.1) is 0 Å². The Morgan fingerprint density at radius 2 is 1.90 bits per heavy atom. The lowest BCUT2D eigenvalue weighted by Crippen LogP contribution is -2.28. The highest BCUT2D eigenvalue weighted by molar-refractivity contribution is 7.61. The van der Waals surface area contributed by atoms with Crippen molar-refractivity contribution in [2.45, 2.75) is 19.4 Å². The van der Waals surface area contributed by atoms with E-state index in [2.05, 4.69) is 4.36 Å². The Morgan fingerprint density at radius 3 is 2.00 bits per heavy atom. The van der Waals surface area contributed by atoms with Crippen molar-refractivity contribution in [2.24, 2.45) is 4.36 Å². The third kappa shape index (κ3) is 2.58. The average molecular weight is 165 g/mol. The second-order valence-corrected chi connectivity index (χ2v) is 2.79. The Morgan fingerprint density at radius 1 is 1.50 bits per heavy atom. The van der Waals surface area contributed by atoms with E-state index < -0.39 is 22.0 Å². The van der Waals surface area contributed by atoms with Crippen molar-refractivity contribution in [3.8, 4) is 0 Å². The van der Waals surface area contributed by atoms with Crippen LogP contribution in [0, 0.1) is 0 Å². The van der Waals surface area contributed by atoms with Gasteiger partial charge in [-0.2, -0.15) is 12.8 Å². The number of nitrogens with zero attached hydrogens (tertiary/aromatic N) is 1. The fourth-order valence-corrected chi connectivity index (χ4v) is 0.676. The smallest absolute Gasteiger partial charge is 0.332 e. The lowest BCUT2D eigenvalue weighted by molar-refractivity contribution is -0.141. The first-order valence-corrected chi connectivity index (χ1v) is 3.45. The van der Waals surface area contributed by atoms with Crippen LogP contribution in [-0.4, -0.2) is 25.0 Å². The van der Waals surface area contributed by atoms with Crippen molar-refractivity contribution >= 4 is 16.5 Å². The molecule has 0 aliphatic rings. The standard InChI is InChI=1S/C4H7NO4S/c1-4(2,3(6)7)5-10(8)9/h1-2H3,(H,6,7). The molecule has 0 aliphatic heterocycles. The normalized spacial score (nSPS) is 10.6. The maximum absolute atomic E-state index is 10.2. The van der Waals surface area contributed by atoms with E-state index >= 15 is 0 Å². The van der Waals surface area contributed by atoms with Crippen LogP contribution in [0.3, 0.4) is 0 Å². The van der Waals surface area contributed by atoms with Gasteiger partial charge in [0.05, 0.1) is 0 Å². The monoisotopic (exact) mass is 165 g/mol. The molecule has 0 radical (unpaired) electrons. The van der Waals surface area contributed by atoms with Crippen molar-refractivity contribution in [1.29, 1.82) is 0 Å². The van der Waals surface area contributed by atoms with Gasteiger partial charge in [-0.1, -0.05) is 0 Å². The van der Waals surface area contributed by atoms with Gasteiger partial charge in [0.2, 0.25) is 0 Å². The summed E-state index contributed by atoms with van der Waals surface area (Å²) in [4.78, 5) is 10.2. The van der Waals surface area contributed by atoms with Crippen LogP contribution < -0.4 is 0 Å². The fraction of sp³-hybridized carbons (Fsp3) is 0.750. The third-order valence-corrected chi connectivity index (χ3v) is 1.43. The number of carboxylic acids is 1. The maximum Gasteiger partial charge on any atom is 0.332 e. The minimum atomic E-state index is -2.66. The first-order valence-electron chi connectivity index (χ1n) is 2.42. The van der Waals surface area contributed by atoms with E-state index in [4.69, 9.17) is 5.11 Å². The highest BCUT2D eigenvalue weighted by atomic mass is 32.2. The van der Waals surface area contributed by atoms with Gasteiger partial charge in [-0.05, 0) is 13.8 Å². The molecule has 0 fully saturated rings. The molecule has 1 N–H and O–H groups in total. The summed E-state index contributed by atoms with van der Waals surface area (Å²) in [6.45, 7) is 2.40. The molecule has 0 saturated heterocycles. The third-order valence-electron chi connectivity index (χ3n) is 0.826. The zero-order valence-corrected chi connectivity index (χ0v) is 6.34. The highest BCUT2D eigenvalue weighted by Crippen LogP contribution is 2.07. The van der Waals surface area contributed by atoms with E-state index in [9.17, 15) is 13.2 Å². The molecule has 0 aromatic carbocycles. The number of carbonyl (C=O) groups is 1. The minimum absolute atomic E-state index is 1.20. The predicted octanol–water partition coefficient (Wildman–Crippen LogP) is -0.0877. The molecule has 5 nitrogen and oxygen atoms in total. The molecule has 0 aromatic rings. The van der Waals surface area contributed by atoms with Crippen molar-refractivity contribution in [1.82, 2.24) is 0 Å². The quantitative estimate of drug-likeness (QED) is 0.619. The van der Waals surface area contributed by atoms with Crippen molar-refractivity contribution in [3.63, 3.8) is 0 Å². The van der Waals surface area contributed by atoms with Crippen molar-refractivity contribution in [2.75, 3.05) is 0 Å². The maximum atomic E-state index is 10.2. The molecule has 0 rings (SSSR count). The lowest BCUT2D eigenvalue weighted by atomic mass is 10.1. The predicted molar refractivity (Wildman–Crippen MR) is 33.1 cm³/mol. The van der Waals surface area contributed by atoms with Crippen LogP contribution in [0.4, 0.5) is 0 Å². The molecule has 0 unspecified atom stereocenters. The van der Waals surface area contributed by atoms with Gasteiger partial charge >= 0.3 is 16.5 Å². The Labute approximate surface area is 59.4 Å². The molecule has 6 heteroatoms. The molecule has 0 aromatic heterocycles. The van der Waals surface area contributed by atoms with Crippen LogP contribution in [0.25, 0.3) is 0 Å². The van der Waals surface area contributed by atoms with Crippen LogP contribution in [0.2, 0.25) is 0 Å². The van der Waals surface area contributed by atoms with E-state index in [1.165, 1.54) is 13.8 Å². The van der Waals surface area contributed by atoms with E-state index in [1.807, 2.05) is 0 Å². The zero-order chi connectivity index (χ0) is 8.36. The largest absolute Gasteiger partial charge is 0.479 e. The Hall–Kier alpha value is -0.910. The summed E-state index contributed by atoms with van der Waals surface area (Å²) in [7, 11) is -2.66. The summed E-state index contributed by atoms with van der Waals surface area (Å²) >= 11 is 0. The van der Waals surface area contributed by atoms with Gasteiger partial charge in [0.1, 0.15) is 0 Å². The van der Waals surface area contributed by atoms with E-state index in [0.29, 0.717) is 0 Å². The van der Waals surface area contributed by atoms with Crippen LogP contribution in [0.5, 0.6) is 0 Å². The second kappa shape index (κ2) is 2.78. The van der Waals surface area contributed by atoms with E-state index in [0.717, 1.165) is 0 Å². The Balaban J connectivity index is 4.77. The SMILES string of the molecule is CC(C)(N=S(=O)=O)C(=O)O. The molecule has 58 valence electrons. The van der Waals surface area contributed by atoms with E-state index in [1.54, 1.807) is 0 Å². The van der Waals surface area contributed by atoms with E-state index in [-0.39, 0.29) is 0 Å². The molecule has 10 heavy (non-hydrogen) atoms. The zero-order valence-electron chi connectivity index (χ0n) is 5.53. The molecule has 0 spiro atoms. The molecule has 0 heterocycles. The molecule has 0 bridgehead atoms. The number of carboxylic acid groups (broad SMARTS) is 1. The summed E-state index contributed by atoms with van der Waals surface area (Å²) in [5, 5.41) is 8.32. The van der Waals surface area contributed by atoms with Crippen molar-refractivity contribution < 1.29 is 18.3 Å². The van der Waals surface area contributed by atoms with Crippen LogP contribution in [0.15, 0.2) is 4.36 Å². The molecule has 0 amide bonds. The summed E-state index contributed by atoms with van der Waals surface area (Å²) in [6.07, 6.45) is 0.